The summed E-state index contributed by atoms with van der Waals surface area (Å²) in [4.78, 5) is 4.75. The molecule has 0 aliphatic heterocycles. The van der Waals surface area contributed by atoms with Crippen LogP contribution in [0.5, 0.6) is 11.8 Å². The molecule has 0 aliphatic carbocycles. The van der Waals surface area contributed by atoms with Crippen LogP contribution in [0.25, 0.3) is 22.0 Å². The standard InChI is InChI=1S/C28H23BrN2O2/c1-31-17-24(22-13-8-14-25(29)27(22)31)23-15-16-26(32-18-20-9-4-2-5-10-20)30-28(23)33-19-21-11-6-3-7-12-21/h2-17H,18-19H2,1H3. The number of para-hydroxylation sites is 1. The quantitative estimate of drug-likeness (QED) is 0.238. The molecule has 4 nitrogen and oxygen atoms in total. The minimum absolute atomic E-state index is 0.428. The first-order valence-corrected chi connectivity index (χ1v) is 11.6. The average Bonchev–Trinajstić information content (AvgIpc) is 3.20. The van der Waals surface area contributed by atoms with Crippen LogP contribution >= 0.6 is 15.9 Å². The number of ether oxygens (including phenoxy) is 2. The molecule has 0 atom stereocenters. The SMILES string of the molecule is Cn1cc(-c2ccc(OCc3ccccc3)nc2OCc2ccccc2)c2cccc(Br)c21. The number of halogens is 1. The summed E-state index contributed by atoms with van der Waals surface area (Å²) in [7, 11) is 2.05. The molecule has 5 heteroatoms. The van der Waals surface area contributed by atoms with Crippen molar-refractivity contribution < 1.29 is 9.47 Å². The highest BCUT2D eigenvalue weighted by Gasteiger charge is 2.17. The van der Waals surface area contributed by atoms with Gasteiger partial charge in [-0.25, -0.2) is 0 Å². The molecular weight excluding hydrogens is 476 g/mol. The number of hydrogen-bond acceptors (Lipinski definition) is 3. The molecule has 0 radical (unpaired) electrons. The summed E-state index contributed by atoms with van der Waals surface area (Å²) in [5.41, 5.74) is 5.31. The van der Waals surface area contributed by atoms with Gasteiger partial charge in [0, 0.05) is 40.3 Å². The first kappa shape index (κ1) is 21.3. The van der Waals surface area contributed by atoms with Gasteiger partial charge in [-0.3, -0.25) is 0 Å². The van der Waals surface area contributed by atoms with Crippen molar-refractivity contribution in [1.29, 1.82) is 0 Å². The molecule has 0 aliphatic rings. The van der Waals surface area contributed by atoms with Crippen LogP contribution in [0, 0.1) is 0 Å². The van der Waals surface area contributed by atoms with Crippen molar-refractivity contribution in [3.63, 3.8) is 0 Å². The van der Waals surface area contributed by atoms with Gasteiger partial charge in [0.2, 0.25) is 11.8 Å². The number of aromatic nitrogens is 2. The van der Waals surface area contributed by atoms with Crippen LogP contribution in [0.2, 0.25) is 0 Å². The fourth-order valence-corrected chi connectivity index (χ4v) is 4.56. The fraction of sp³-hybridized carbons (Fsp3) is 0.107. The minimum Gasteiger partial charge on any atom is -0.473 e. The van der Waals surface area contributed by atoms with Crippen LogP contribution < -0.4 is 9.47 Å². The maximum atomic E-state index is 6.25. The maximum Gasteiger partial charge on any atom is 0.225 e. The largest absolute Gasteiger partial charge is 0.473 e. The third-order valence-electron chi connectivity index (χ3n) is 5.53. The molecule has 164 valence electrons. The van der Waals surface area contributed by atoms with E-state index in [0.717, 1.165) is 37.6 Å². The molecule has 0 N–H and O–H groups in total. The summed E-state index contributed by atoms with van der Waals surface area (Å²) in [5.74, 6) is 1.09. The lowest BCUT2D eigenvalue weighted by Gasteiger charge is -2.13. The molecule has 0 fully saturated rings. The van der Waals surface area contributed by atoms with Crippen LogP contribution in [0.1, 0.15) is 11.1 Å². The molecule has 2 heterocycles. The Morgan fingerprint density at radius 3 is 2.09 bits per heavy atom. The van der Waals surface area contributed by atoms with E-state index in [-0.39, 0.29) is 0 Å². The normalized spacial score (nSPS) is 11.0. The van der Waals surface area contributed by atoms with E-state index in [0.29, 0.717) is 25.0 Å². The first-order valence-electron chi connectivity index (χ1n) is 10.8. The predicted molar refractivity (Wildman–Crippen MR) is 135 cm³/mol. The van der Waals surface area contributed by atoms with Crippen molar-refractivity contribution in [1.82, 2.24) is 9.55 Å². The van der Waals surface area contributed by atoms with Crippen molar-refractivity contribution in [2.75, 3.05) is 0 Å². The van der Waals surface area contributed by atoms with Gasteiger partial charge in [-0.05, 0) is 39.2 Å². The van der Waals surface area contributed by atoms with E-state index in [2.05, 4.69) is 38.8 Å². The Balaban J connectivity index is 1.51. The lowest BCUT2D eigenvalue weighted by atomic mass is 10.1. The fourth-order valence-electron chi connectivity index (χ4n) is 3.91. The number of nitrogens with zero attached hydrogens (tertiary/aromatic N) is 2. The van der Waals surface area contributed by atoms with Crippen molar-refractivity contribution in [3.05, 3.63) is 113 Å². The third kappa shape index (κ3) is 4.64. The zero-order valence-corrected chi connectivity index (χ0v) is 19.8. The molecule has 5 rings (SSSR count). The number of pyridine rings is 1. The molecule has 0 spiro atoms. The Bertz CT molecular complexity index is 1380. The lowest BCUT2D eigenvalue weighted by Crippen LogP contribution is -2.02. The van der Waals surface area contributed by atoms with Gasteiger partial charge in [-0.15, -0.1) is 0 Å². The van der Waals surface area contributed by atoms with Crippen LogP contribution in [0.3, 0.4) is 0 Å². The second-order valence-electron chi connectivity index (χ2n) is 7.84. The Morgan fingerprint density at radius 1 is 0.727 bits per heavy atom. The zero-order chi connectivity index (χ0) is 22.6. The second kappa shape index (κ2) is 9.51. The summed E-state index contributed by atoms with van der Waals surface area (Å²) in [6.07, 6.45) is 2.12. The van der Waals surface area contributed by atoms with E-state index in [4.69, 9.17) is 14.5 Å². The number of benzene rings is 3. The molecule has 5 aromatic rings. The molecule has 0 unspecified atom stereocenters. The van der Waals surface area contributed by atoms with Crippen LogP contribution in [0.4, 0.5) is 0 Å². The van der Waals surface area contributed by atoms with Crippen molar-refractivity contribution in [2.45, 2.75) is 13.2 Å². The zero-order valence-electron chi connectivity index (χ0n) is 18.2. The van der Waals surface area contributed by atoms with Gasteiger partial charge in [-0.1, -0.05) is 72.8 Å². The summed E-state index contributed by atoms with van der Waals surface area (Å²) in [6, 6.07) is 30.3. The lowest BCUT2D eigenvalue weighted by molar-refractivity contribution is 0.268. The molecule has 0 saturated carbocycles. The van der Waals surface area contributed by atoms with E-state index < -0.39 is 0 Å². The van der Waals surface area contributed by atoms with Gasteiger partial charge in [0.15, 0.2) is 0 Å². The Hall–Kier alpha value is -3.57. The molecule has 3 aromatic carbocycles. The van der Waals surface area contributed by atoms with E-state index in [1.165, 1.54) is 0 Å². The van der Waals surface area contributed by atoms with Gasteiger partial charge >= 0.3 is 0 Å². The van der Waals surface area contributed by atoms with Gasteiger partial charge in [0.25, 0.3) is 0 Å². The van der Waals surface area contributed by atoms with Gasteiger partial charge in [-0.2, -0.15) is 4.98 Å². The van der Waals surface area contributed by atoms with Crippen molar-refractivity contribution >= 4 is 26.8 Å². The van der Waals surface area contributed by atoms with E-state index in [9.17, 15) is 0 Å². The molecule has 0 bridgehead atoms. The first-order chi connectivity index (χ1) is 16.2. The Labute approximate surface area is 201 Å². The summed E-state index contributed by atoms with van der Waals surface area (Å²) >= 11 is 3.68. The number of rotatable bonds is 7. The van der Waals surface area contributed by atoms with Gasteiger partial charge in [0.05, 0.1) is 5.52 Å². The van der Waals surface area contributed by atoms with Crippen LogP contribution in [-0.2, 0) is 20.3 Å². The van der Waals surface area contributed by atoms with E-state index >= 15 is 0 Å². The topological polar surface area (TPSA) is 36.3 Å². The second-order valence-corrected chi connectivity index (χ2v) is 8.69. The number of fused-ring (bicyclic) bond motifs is 1. The molecule has 33 heavy (non-hydrogen) atoms. The van der Waals surface area contributed by atoms with E-state index in [1.807, 2.05) is 85.9 Å². The highest BCUT2D eigenvalue weighted by molar-refractivity contribution is 9.10. The highest BCUT2D eigenvalue weighted by atomic mass is 79.9. The summed E-state index contributed by atoms with van der Waals surface area (Å²) in [5, 5.41) is 1.14. The Morgan fingerprint density at radius 2 is 1.39 bits per heavy atom. The van der Waals surface area contributed by atoms with Crippen LogP contribution in [0.15, 0.2) is 102 Å². The average molecular weight is 499 g/mol. The Kier molecular flexibility index (Phi) is 6.13. The smallest absolute Gasteiger partial charge is 0.225 e. The number of aryl methyl sites for hydroxylation is 1. The summed E-state index contributed by atoms with van der Waals surface area (Å²) < 4.78 is 15.4. The third-order valence-corrected chi connectivity index (χ3v) is 6.17. The molecular formula is C28H23BrN2O2. The number of hydrogen-bond donors (Lipinski definition) is 0. The monoisotopic (exact) mass is 498 g/mol. The predicted octanol–water partition coefficient (Wildman–Crippen LogP) is 7.16. The maximum absolute atomic E-state index is 6.25. The van der Waals surface area contributed by atoms with Crippen molar-refractivity contribution in [3.8, 4) is 22.9 Å². The van der Waals surface area contributed by atoms with Gasteiger partial charge < -0.3 is 14.0 Å². The molecule has 0 amide bonds. The molecule has 0 saturated heterocycles. The van der Waals surface area contributed by atoms with Crippen molar-refractivity contribution in [2.24, 2.45) is 7.05 Å². The minimum atomic E-state index is 0.428. The molecule has 2 aromatic heterocycles. The highest BCUT2D eigenvalue weighted by Crippen LogP contribution is 2.38. The van der Waals surface area contributed by atoms with E-state index in [1.54, 1.807) is 0 Å². The summed E-state index contributed by atoms with van der Waals surface area (Å²) in [6.45, 7) is 0.879. The van der Waals surface area contributed by atoms with Gasteiger partial charge in [0.1, 0.15) is 13.2 Å². The van der Waals surface area contributed by atoms with Crippen LogP contribution in [-0.4, -0.2) is 9.55 Å².